The van der Waals surface area contributed by atoms with Crippen LogP contribution in [-0.4, -0.2) is 32.4 Å². The minimum Gasteiger partial charge on any atom is -0.465 e. The van der Waals surface area contributed by atoms with Gasteiger partial charge in [0.15, 0.2) is 5.69 Å². The van der Waals surface area contributed by atoms with Gasteiger partial charge in [0.25, 0.3) is 0 Å². The third-order valence-electron chi connectivity index (χ3n) is 5.18. The van der Waals surface area contributed by atoms with Crippen molar-refractivity contribution in [2.24, 2.45) is 0 Å². The Morgan fingerprint density at radius 2 is 2.03 bits per heavy atom. The zero-order valence-electron chi connectivity index (χ0n) is 15.8. The van der Waals surface area contributed by atoms with E-state index in [1.165, 1.54) is 27.1 Å². The van der Waals surface area contributed by atoms with Crippen LogP contribution in [0.1, 0.15) is 34.5 Å². The fraction of sp³-hybridized carbons (Fsp3) is 0.300. The zero-order chi connectivity index (χ0) is 21.6. The number of rotatable bonds is 3. The predicted octanol–water partition coefficient (Wildman–Crippen LogP) is 5.93. The van der Waals surface area contributed by atoms with E-state index in [1.54, 1.807) is 37.3 Å². The Hall–Kier alpha value is -2.52. The molecule has 0 radical (unpaired) electrons. The number of carbonyl (C=O) groups is 1. The molecule has 0 fully saturated rings. The zero-order valence-corrected chi connectivity index (χ0v) is 17.4. The number of aromatic nitrogens is 2. The van der Waals surface area contributed by atoms with Crippen LogP contribution in [0.5, 0.6) is 0 Å². The van der Waals surface area contributed by atoms with Gasteiger partial charge in [-0.25, -0.2) is 4.79 Å². The number of amides is 1. The van der Waals surface area contributed by atoms with Crippen molar-refractivity contribution in [3.63, 3.8) is 0 Å². The highest BCUT2D eigenvalue weighted by Gasteiger charge is 2.39. The topological polar surface area (TPSA) is 58.4 Å². The predicted molar refractivity (Wildman–Crippen MR) is 108 cm³/mol. The fourth-order valence-electron chi connectivity index (χ4n) is 3.83. The van der Waals surface area contributed by atoms with E-state index in [1.807, 2.05) is 0 Å². The van der Waals surface area contributed by atoms with Crippen molar-refractivity contribution in [2.75, 3.05) is 6.54 Å². The summed E-state index contributed by atoms with van der Waals surface area (Å²) in [6, 6.07) is 8.55. The van der Waals surface area contributed by atoms with Crippen LogP contribution in [0.2, 0.25) is 4.34 Å². The van der Waals surface area contributed by atoms with Crippen LogP contribution in [0.4, 0.5) is 18.0 Å². The molecule has 1 aromatic carbocycles. The maximum Gasteiger partial charge on any atom is 0.435 e. The molecule has 30 heavy (non-hydrogen) atoms. The van der Waals surface area contributed by atoms with Gasteiger partial charge in [0.1, 0.15) is 0 Å². The molecule has 0 aliphatic carbocycles. The Labute approximate surface area is 179 Å². The summed E-state index contributed by atoms with van der Waals surface area (Å²) in [6.45, 7) is 2.36. The first-order valence-electron chi connectivity index (χ1n) is 9.19. The Morgan fingerprint density at radius 1 is 1.30 bits per heavy atom. The van der Waals surface area contributed by atoms with Gasteiger partial charge in [-0.3, -0.25) is 4.68 Å². The van der Waals surface area contributed by atoms with E-state index in [9.17, 15) is 23.1 Å². The summed E-state index contributed by atoms with van der Waals surface area (Å²) in [4.78, 5) is 13.7. The molecular formula is C20H17ClF3N3O2S. The minimum absolute atomic E-state index is 0.0183. The maximum atomic E-state index is 13.7. The van der Waals surface area contributed by atoms with Crippen LogP contribution >= 0.6 is 22.9 Å². The summed E-state index contributed by atoms with van der Waals surface area (Å²) >= 11 is 7.48. The lowest BCUT2D eigenvalue weighted by molar-refractivity contribution is -0.141. The Morgan fingerprint density at radius 3 is 2.70 bits per heavy atom. The Bertz CT molecular complexity index is 1110. The van der Waals surface area contributed by atoms with Crippen molar-refractivity contribution in [3.05, 3.63) is 62.6 Å². The molecule has 0 bridgehead atoms. The van der Waals surface area contributed by atoms with Gasteiger partial charge in [0, 0.05) is 35.6 Å². The highest BCUT2D eigenvalue weighted by atomic mass is 35.5. The van der Waals surface area contributed by atoms with E-state index in [0.717, 1.165) is 10.4 Å². The number of alkyl halides is 3. The van der Waals surface area contributed by atoms with Gasteiger partial charge in [-0.05, 0) is 29.7 Å². The average molecular weight is 456 g/mol. The van der Waals surface area contributed by atoms with Gasteiger partial charge in [-0.2, -0.15) is 18.3 Å². The van der Waals surface area contributed by atoms with Gasteiger partial charge < -0.3 is 10.0 Å². The first-order valence-corrected chi connectivity index (χ1v) is 10.4. The number of benzene rings is 1. The Balaban J connectivity index is 1.90. The lowest BCUT2D eigenvalue weighted by atomic mass is 9.84. The van der Waals surface area contributed by atoms with Gasteiger partial charge >= 0.3 is 12.3 Å². The highest BCUT2D eigenvalue weighted by Crippen LogP contribution is 2.44. The summed E-state index contributed by atoms with van der Waals surface area (Å²) < 4.78 is 42.8. The van der Waals surface area contributed by atoms with E-state index in [2.05, 4.69) is 5.10 Å². The molecule has 1 amide bonds. The van der Waals surface area contributed by atoms with Crippen LogP contribution in [0, 0.1) is 0 Å². The lowest BCUT2D eigenvalue weighted by Gasteiger charge is -2.32. The van der Waals surface area contributed by atoms with E-state index in [0.29, 0.717) is 22.0 Å². The number of hydrogen-bond acceptors (Lipinski definition) is 3. The molecule has 10 heteroatoms. The number of nitrogens with zero attached hydrogens (tertiary/aromatic N) is 3. The maximum absolute atomic E-state index is 13.7. The monoisotopic (exact) mass is 455 g/mol. The van der Waals surface area contributed by atoms with E-state index < -0.39 is 23.9 Å². The molecule has 5 nitrogen and oxygen atoms in total. The third-order valence-corrected chi connectivity index (χ3v) is 6.44. The van der Waals surface area contributed by atoms with Crippen molar-refractivity contribution < 1.29 is 23.1 Å². The summed E-state index contributed by atoms with van der Waals surface area (Å²) in [6.07, 6.45) is -4.30. The third kappa shape index (κ3) is 3.67. The highest BCUT2D eigenvalue weighted by molar-refractivity contribution is 7.16. The summed E-state index contributed by atoms with van der Waals surface area (Å²) in [5.74, 6) is -0.434. The number of carboxylic acid groups (broad SMARTS) is 1. The van der Waals surface area contributed by atoms with Crippen molar-refractivity contribution >= 4 is 29.0 Å². The summed E-state index contributed by atoms with van der Waals surface area (Å²) in [5, 5.41) is 13.3. The SMILES string of the molecule is CCn1cc(-c2ccccc2C2CN(C(=O)O)Cc3sc(Cl)cc32)c(C(F)(F)F)n1. The van der Waals surface area contributed by atoms with Crippen molar-refractivity contribution in [1.29, 1.82) is 0 Å². The van der Waals surface area contributed by atoms with Crippen molar-refractivity contribution in [2.45, 2.75) is 32.1 Å². The van der Waals surface area contributed by atoms with E-state index in [4.69, 9.17) is 11.6 Å². The summed E-state index contributed by atoms with van der Waals surface area (Å²) in [7, 11) is 0. The van der Waals surface area contributed by atoms with Crippen LogP contribution in [0.25, 0.3) is 11.1 Å². The fourth-order valence-corrected chi connectivity index (χ4v) is 5.19. The minimum atomic E-state index is -4.61. The second kappa shape index (κ2) is 7.63. The molecule has 0 saturated carbocycles. The van der Waals surface area contributed by atoms with Crippen LogP contribution in [0.3, 0.4) is 0 Å². The van der Waals surface area contributed by atoms with Gasteiger partial charge in [0.2, 0.25) is 0 Å². The van der Waals surface area contributed by atoms with Gasteiger partial charge in [-0.15, -0.1) is 11.3 Å². The second-order valence-electron chi connectivity index (χ2n) is 6.98. The Kier molecular flexibility index (Phi) is 5.27. The number of hydrogen-bond donors (Lipinski definition) is 1. The lowest BCUT2D eigenvalue weighted by Crippen LogP contribution is -2.37. The van der Waals surface area contributed by atoms with E-state index in [-0.39, 0.29) is 18.7 Å². The standard InChI is InChI=1S/C20H17ClF3N3O2S/c1-2-27-9-15(18(25-27)20(22,23)24)12-6-4-3-5-11(12)14-8-26(19(28)29)10-16-13(14)7-17(21)30-16/h3-7,9,14H,2,8,10H2,1H3,(H,28,29). The van der Waals surface area contributed by atoms with E-state index >= 15 is 0 Å². The first kappa shape index (κ1) is 20.7. The first-order chi connectivity index (χ1) is 14.2. The number of fused-ring (bicyclic) bond motifs is 1. The average Bonchev–Trinajstić information content (AvgIpc) is 3.29. The van der Waals surface area contributed by atoms with Crippen LogP contribution in [0.15, 0.2) is 36.5 Å². The molecule has 3 aromatic rings. The molecular weight excluding hydrogens is 439 g/mol. The van der Waals surface area contributed by atoms with Crippen LogP contribution in [-0.2, 0) is 19.3 Å². The number of aryl methyl sites for hydroxylation is 1. The number of halogens is 4. The van der Waals surface area contributed by atoms with Gasteiger partial charge in [0.05, 0.1) is 10.9 Å². The summed E-state index contributed by atoms with van der Waals surface area (Å²) in [5.41, 5.74) is 0.878. The molecule has 158 valence electrons. The van der Waals surface area contributed by atoms with Crippen LogP contribution < -0.4 is 0 Å². The largest absolute Gasteiger partial charge is 0.465 e. The molecule has 0 spiro atoms. The molecule has 1 atom stereocenters. The molecule has 3 heterocycles. The molecule has 1 unspecified atom stereocenters. The van der Waals surface area contributed by atoms with Crippen molar-refractivity contribution in [3.8, 4) is 11.1 Å². The van der Waals surface area contributed by atoms with Crippen molar-refractivity contribution in [1.82, 2.24) is 14.7 Å². The van der Waals surface area contributed by atoms with Gasteiger partial charge in [-0.1, -0.05) is 35.9 Å². The molecule has 4 rings (SSSR count). The second-order valence-corrected chi connectivity index (χ2v) is 8.74. The smallest absolute Gasteiger partial charge is 0.435 e. The molecule has 0 saturated heterocycles. The molecule has 2 aromatic heterocycles. The number of thiophene rings is 1. The molecule has 1 aliphatic heterocycles. The molecule has 1 aliphatic rings. The molecule has 1 N–H and O–H groups in total. The quantitative estimate of drug-likeness (QED) is 0.532. The normalized spacial score (nSPS) is 16.6.